The Morgan fingerprint density at radius 1 is 1.13 bits per heavy atom. The summed E-state index contributed by atoms with van der Waals surface area (Å²) in [4.78, 5) is 26.5. The highest BCUT2D eigenvalue weighted by atomic mass is 35.5. The lowest BCUT2D eigenvalue weighted by Crippen LogP contribution is -2.32. The molecule has 4 nitrogen and oxygen atoms in total. The number of hydrogen-bond acceptors (Lipinski definition) is 2. The lowest BCUT2D eigenvalue weighted by Gasteiger charge is -2.19. The average Bonchev–Trinajstić information content (AvgIpc) is 3.45. The third kappa shape index (κ3) is 2.81. The third-order valence-corrected chi connectivity index (χ3v) is 6.36. The number of amides is 1. The van der Waals surface area contributed by atoms with Gasteiger partial charge in [0.1, 0.15) is 5.82 Å². The molecule has 1 aliphatic heterocycles. The molecule has 30 heavy (non-hydrogen) atoms. The number of anilines is 1. The summed E-state index contributed by atoms with van der Waals surface area (Å²) in [5, 5.41) is 9.87. The Bertz CT molecular complexity index is 1190. The molecule has 0 radical (unpaired) electrons. The lowest BCUT2D eigenvalue weighted by molar-refractivity contribution is -0.120. The SMILES string of the molecule is O=C(O)c1cccc(CN2C(=O)[C@]3(CC3c3ccc(Cl)cc3)c3cc(F)ccc32)c1. The Balaban J connectivity index is 1.54. The number of hydrogen-bond donors (Lipinski definition) is 1. The van der Waals surface area contributed by atoms with Gasteiger partial charge in [0.15, 0.2) is 0 Å². The van der Waals surface area contributed by atoms with Crippen molar-refractivity contribution in [2.45, 2.75) is 24.3 Å². The van der Waals surface area contributed by atoms with E-state index in [4.69, 9.17) is 11.6 Å². The maximum Gasteiger partial charge on any atom is 0.335 e. The van der Waals surface area contributed by atoms with Crippen LogP contribution in [0.25, 0.3) is 0 Å². The molecule has 1 amide bonds. The Kier molecular flexibility index (Phi) is 4.19. The highest BCUT2D eigenvalue weighted by Gasteiger charge is 2.67. The van der Waals surface area contributed by atoms with Gasteiger partial charge in [-0.1, -0.05) is 35.9 Å². The van der Waals surface area contributed by atoms with E-state index in [1.807, 2.05) is 12.1 Å². The van der Waals surface area contributed by atoms with Crippen molar-refractivity contribution in [3.8, 4) is 0 Å². The summed E-state index contributed by atoms with van der Waals surface area (Å²) in [6.07, 6.45) is 0.607. The predicted molar refractivity (Wildman–Crippen MR) is 111 cm³/mol. The fourth-order valence-electron chi connectivity index (χ4n) is 4.60. The number of carboxylic acids is 1. The molecule has 5 rings (SSSR count). The molecule has 3 aromatic carbocycles. The van der Waals surface area contributed by atoms with E-state index in [-0.39, 0.29) is 29.8 Å². The molecule has 1 spiro atoms. The number of benzene rings is 3. The second-order valence-electron chi connectivity index (χ2n) is 7.84. The normalized spacial score (nSPS) is 21.7. The van der Waals surface area contributed by atoms with Crippen molar-refractivity contribution in [2.75, 3.05) is 4.90 Å². The molecule has 1 heterocycles. The molecule has 1 aliphatic carbocycles. The molecule has 0 aromatic heterocycles. The minimum Gasteiger partial charge on any atom is -0.478 e. The van der Waals surface area contributed by atoms with E-state index in [2.05, 4.69) is 0 Å². The van der Waals surface area contributed by atoms with Gasteiger partial charge in [-0.25, -0.2) is 9.18 Å². The molecule has 2 aliphatic rings. The average molecular weight is 422 g/mol. The Morgan fingerprint density at radius 3 is 2.63 bits per heavy atom. The lowest BCUT2D eigenvalue weighted by atomic mass is 9.92. The second kappa shape index (κ2) is 6.67. The van der Waals surface area contributed by atoms with Crippen LogP contribution < -0.4 is 4.90 Å². The molecule has 1 fully saturated rings. The standard InChI is InChI=1S/C24H17ClFNO3/c25-17-6-4-15(5-7-17)20-12-24(20)19-11-18(26)8-9-21(19)27(23(24)30)13-14-2-1-3-16(10-14)22(28)29/h1-11,20H,12-13H2,(H,28,29)/t20?,24-/m1/s1. The topological polar surface area (TPSA) is 57.6 Å². The van der Waals surface area contributed by atoms with E-state index in [1.165, 1.54) is 18.2 Å². The van der Waals surface area contributed by atoms with E-state index in [0.29, 0.717) is 28.3 Å². The molecule has 0 saturated heterocycles. The van der Waals surface area contributed by atoms with Gasteiger partial charge in [0, 0.05) is 16.6 Å². The van der Waals surface area contributed by atoms with Gasteiger partial charge in [-0.2, -0.15) is 0 Å². The van der Waals surface area contributed by atoms with E-state index >= 15 is 0 Å². The van der Waals surface area contributed by atoms with Gasteiger partial charge < -0.3 is 10.0 Å². The summed E-state index contributed by atoms with van der Waals surface area (Å²) in [6, 6.07) is 18.4. The Labute approximate surface area is 177 Å². The third-order valence-electron chi connectivity index (χ3n) is 6.10. The molecule has 1 saturated carbocycles. The van der Waals surface area contributed by atoms with Crippen LogP contribution in [0, 0.1) is 5.82 Å². The van der Waals surface area contributed by atoms with E-state index in [9.17, 15) is 19.1 Å². The van der Waals surface area contributed by atoms with Crippen LogP contribution in [0.4, 0.5) is 10.1 Å². The number of fused-ring (bicyclic) bond motifs is 2. The number of aromatic carboxylic acids is 1. The first kappa shape index (κ1) is 18.8. The predicted octanol–water partition coefficient (Wildman–Crippen LogP) is 5.15. The van der Waals surface area contributed by atoms with E-state index in [0.717, 1.165) is 5.56 Å². The summed E-state index contributed by atoms with van der Waals surface area (Å²) in [5.41, 5.74) is 2.46. The van der Waals surface area contributed by atoms with Crippen molar-refractivity contribution < 1.29 is 19.1 Å². The van der Waals surface area contributed by atoms with Gasteiger partial charge in [-0.05, 0) is 65.6 Å². The smallest absolute Gasteiger partial charge is 0.335 e. The number of carbonyl (C=O) groups excluding carboxylic acids is 1. The van der Waals surface area contributed by atoms with Gasteiger partial charge in [-0.15, -0.1) is 0 Å². The molecule has 3 aromatic rings. The summed E-state index contributed by atoms with van der Waals surface area (Å²) >= 11 is 6.00. The number of halogens is 2. The zero-order chi connectivity index (χ0) is 21.0. The Hall–Kier alpha value is -3.18. The fourth-order valence-corrected chi connectivity index (χ4v) is 4.73. The van der Waals surface area contributed by atoms with E-state index < -0.39 is 11.4 Å². The summed E-state index contributed by atoms with van der Waals surface area (Å²) in [5.74, 6) is -1.52. The second-order valence-corrected chi connectivity index (χ2v) is 8.27. The van der Waals surface area contributed by atoms with Crippen molar-refractivity contribution in [3.05, 3.63) is 99.8 Å². The van der Waals surface area contributed by atoms with Crippen LogP contribution in [0.3, 0.4) is 0 Å². The molecule has 1 N–H and O–H groups in total. The van der Waals surface area contributed by atoms with Crippen LogP contribution >= 0.6 is 11.6 Å². The van der Waals surface area contributed by atoms with Gasteiger partial charge in [0.2, 0.25) is 5.91 Å². The minimum absolute atomic E-state index is 0.0434. The largest absolute Gasteiger partial charge is 0.478 e. The summed E-state index contributed by atoms with van der Waals surface area (Å²) in [7, 11) is 0. The Morgan fingerprint density at radius 2 is 1.90 bits per heavy atom. The highest BCUT2D eigenvalue weighted by Crippen LogP contribution is 2.66. The maximum absolute atomic E-state index is 14.1. The minimum atomic E-state index is -1.02. The van der Waals surface area contributed by atoms with E-state index in [1.54, 1.807) is 41.3 Å². The van der Waals surface area contributed by atoms with Gasteiger partial charge in [0.25, 0.3) is 0 Å². The van der Waals surface area contributed by atoms with Crippen LogP contribution in [0.2, 0.25) is 5.02 Å². The monoisotopic (exact) mass is 421 g/mol. The van der Waals surface area contributed by atoms with Crippen molar-refractivity contribution in [2.24, 2.45) is 0 Å². The molecule has 150 valence electrons. The first-order valence-corrected chi connectivity index (χ1v) is 9.97. The quantitative estimate of drug-likeness (QED) is 0.633. The van der Waals surface area contributed by atoms with Crippen molar-refractivity contribution in [3.63, 3.8) is 0 Å². The molecule has 1 unspecified atom stereocenters. The highest BCUT2D eigenvalue weighted by molar-refractivity contribution is 6.30. The van der Waals surface area contributed by atoms with Crippen molar-refractivity contribution >= 4 is 29.2 Å². The first-order valence-electron chi connectivity index (χ1n) is 9.60. The molecule has 6 heteroatoms. The first-order chi connectivity index (χ1) is 14.4. The van der Waals surface area contributed by atoms with Crippen molar-refractivity contribution in [1.82, 2.24) is 0 Å². The van der Waals surface area contributed by atoms with Crippen LogP contribution in [-0.4, -0.2) is 17.0 Å². The van der Waals surface area contributed by atoms with Gasteiger partial charge >= 0.3 is 5.97 Å². The van der Waals surface area contributed by atoms with Crippen LogP contribution in [0.15, 0.2) is 66.7 Å². The van der Waals surface area contributed by atoms with Gasteiger partial charge in [0.05, 0.1) is 17.5 Å². The zero-order valence-electron chi connectivity index (χ0n) is 15.8. The number of carbonyl (C=O) groups is 2. The number of rotatable bonds is 4. The molecule has 0 bridgehead atoms. The zero-order valence-corrected chi connectivity index (χ0v) is 16.6. The van der Waals surface area contributed by atoms with Crippen LogP contribution in [0.5, 0.6) is 0 Å². The van der Waals surface area contributed by atoms with Crippen LogP contribution in [0.1, 0.15) is 39.4 Å². The maximum atomic E-state index is 14.1. The fraction of sp³-hybridized carbons (Fsp3) is 0.167. The summed E-state index contributed by atoms with van der Waals surface area (Å²) < 4.78 is 14.1. The summed E-state index contributed by atoms with van der Waals surface area (Å²) in [6.45, 7) is 0.230. The number of carboxylic acid groups (broad SMARTS) is 1. The van der Waals surface area contributed by atoms with Crippen LogP contribution in [-0.2, 0) is 16.8 Å². The van der Waals surface area contributed by atoms with Gasteiger partial charge in [-0.3, -0.25) is 4.79 Å². The molecular weight excluding hydrogens is 405 g/mol. The number of nitrogens with zero attached hydrogens (tertiary/aromatic N) is 1. The molecule has 2 atom stereocenters. The molecular formula is C24H17ClFNO3. The van der Waals surface area contributed by atoms with Crippen molar-refractivity contribution in [1.29, 1.82) is 0 Å².